The van der Waals surface area contributed by atoms with Gasteiger partial charge in [-0.15, -0.1) is 6.58 Å². The van der Waals surface area contributed by atoms with Crippen LogP contribution in [-0.4, -0.2) is 19.7 Å². The SMILES string of the molecule is C=CCC[C@]1(O[Si](C)(C)C)CC[C@H]2CC(=O)C=C21. The second-order valence-electron chi connectivity index (χ2n) is 6.54. The van der Waals surface area contributed by atoms with Crippen LogP contribution in [0.5, 0.6) is 0 Å². The van der Waals surface area contributed by atoms with Gasteiger partial charge in [0.2, 0.25) is 0 Å². The minimum absolute atomic E-state index is 0.157. The van der Waals surface area contributed by atoms with Gasteiger partial charge in [0, 0.05) is 6.42 Å². The molecule has 0 aliphatic heterocycles. The number of fused-ring (bicyclic) bond motifs is 1. The Balaban J connectivity index is 2.28. The minimum Gasteiger partial charge on any atom is -0.408 e. The third kappa shape index (κ3) is 2.67. The molecule has 0 bridgehead atoms. The Morgan fingerprint density at radius 2 is 2.28 bits per heavy atom. The van der Waals surface area contributed by atoms with Crippen LogP contribution in [-0.2, 0) is 9.22 Å². The van der Waals surface area contributed by atoms with Crippen LogP contribution in [0.4, 0.5) is 0 Å². The maximum absolute atomic E-state index is 11.6. The monoisotopic (exact) mass is 264 g/mol. The molecule has 3 heteroatoms. The molecule has 18 heavy (non-hydrogen) atoms. The molecule has 0 amide bonds. The van der Waals surface area contributed by atoms with Gasteiger partial charge in [-0.3, -0.25) is 4.79 Å². The standard InChI is InChI=1S/C15H24O2Si/c1-5-6-8-15(17-18(2,3)4)9-7-12-10-13(16)11-14(12)15/h5,11-12H,1,6-10H2,2-4H3/t12-,15-/m0/s1. The van der Waals surface area contributed by atoms with E-state index in [-0.39, 0.29) is 11.4 Å². The van der Waals surface area contributed by atoms with Gasteiger partial charge in [-0.05, 0) is 62.9 Å². The zero-order valence-corrected chi connectivity index (χ0v) is 12.8. The molecule has 0 aromatic heterocycles. The summed E-state index contributed by atoms with van der Waals surface area (Å²) in [6.07, 6.45) is 8.67. The van der Waals surface area contributed by atoms with Crippen LogP contribution in [0.15, 0.2) is 24.3 Å². The summed E-state index contributed by atoms with van der Waals surface area (Å²) < 4.78 is 6.52. The first-order chi connectivity index (χ1) is 8.36. The molecule has 0 aromatic carbocycles. The number of hydrogen-bond acceptors (Lipinski definition) is 2. The first-order valence-electron chi connectivity index (χ1n) is 6.92. The molecule has 0 heterocycles. The molecule has 1 saturated carbocycles. The van der Waals surface area contributed by atoms with Crippen LogP contribution in [0.2, 0.25) is 19.6 Å². The van der Waals surface area contributed by atoms with Crippen molar-refractivity contribution in [3.05, 3.63) is 24.3 Å². The van der Waals surface area contributed by atoms with Crippen molar-refractivity contribution >= 4 is 14.1 Å². The van der Waals surface area contributed by atoms with Gasteiger partial charge in [0.15, 0.2) is 14.1 Å². The topological polar surface area (TPSA) is 26.3 Å². The zero-order valence-electron chi connectivity index (χ0n) is 11.8. The van der Waals surface area contributed by atoms with Crippen LogP contribution < -0.4 is 0 Å². The maximum atomic E-state index is 11.6. The van der Waals surface area contributed by atoms with Crippen molar-refractivity contribution in [1.29, 1.82) is 0 Å². The summed E-state index contributed by atoms with van der Waals surface area (Å²) in [4.78, 5) is 11.6. The smallest absolute Gasteiger partial charge is 0.184 e. The summed E-state index contributed by atoms with van der Waals surface area (Å²) >= 11 is 0. The molecule has 2 rings (SSSR count). The van der Waals surface area contributed by atoms with Gasteiger partial charge in [0.05, 0.1) is 5.60 Å². The summed E-state index contributed by atoms with van der Waals surface area (Å²) in [5.41, 5.74) is 1.13. The lowest BCUT2D eigenvalue weighted by molar-refractivity contribution is -0.114. The number of carbonyl (C=O) groups excluding carboxylic acids is 1. The van der Waals surface area contributed by atoms with Gasteiger partial charge in [-0.25, -0.2) is 0 Å². The Kier molecular flexibility index (Phi) is 3.65. The molecule has 2 nitrogen and oxygen atoms in total. The van der Waals surface area contributed by atoms with Crippen molar-refractivity contribution < 1.29 is 9.22 Å². The highest BCUT2D eigenvalue weighted by Crippen LogP contribution is 2.50. The first-order valence-corrected chi connectivity index (χ1v) is 10.3. The molecular formula is C15H24O2Si. The summed E-state index contributed by atoms with van der Waals surface area (Å²) in [5.74, 6) is 0.746. The molecule has 0 radical (unpaired) electrons. The molecule has 2 atom stereocenters. The Bertz CT molecular complexity index is 392. The van der Waals surface area contributed by atoms with E-state index < -0.39 is 8.32 Å². The van der Waals surface area contributed by atoms with Crippen molar-refractivity contribution in [1.82, 2.24) is 0 Å². The van der Waals surface area contributed by atoms with Crippen molar-refractivity contribution in [2.24, 2.45) is 5.92 Å². The van der Waals surface area contributed by atoms with Crippen molar-refractivity contribution in [3.8, 4) is 0 Å². The summed E-state index contributed by atoms with van der Waals surface area (Å²) in [5, 5.41) is 0. The van der Waals surface area contributed by atoms with Crippen LogP contribution in [0.25, 0.3) is 0 Å². The quantitative estimate of drug-likeness (QED) is 0.557. The third-order valence-electron chi connectivity index (χ3n) is 3.88. The number of ketones is 1. The van der Waals surface area contributed by atoms with E-state index in [4.69, 9.17) is 4.43 Å². The second-order valence-corrected chi connectivity index (χ2v) is 11.0. The van der Waals surface area contributed by atoms with E-state index in [2.05, 4.69) is 26.2 Å². The van der Waals surface area contributed by atoms with E-state index in [0.29, 0.717) is 12.3 Å². The van der Waals surface area contributed by atoms with Gasteiger partial charge in [-0.2, -0.15) is 0 Å². The molecule has 0 aromatic rings. The highest BCUT2D eigenvalue weighted by molar-refractivity contribution is 6.69. The molecule has 0 spiro atoms. The fraction of sp³-hybridized carbons (Fsp3) is 0.667. The lowest BCUT2D eigenvalue weighted by Gasteiger charge is -2.37. The number of rotatable bonds is 5. The van der Waals surface area contributed by atoms with Crippen LogP contribution in [0.3, 0.4) is 0 Å². The highest BCUT2D eigenvalue weighted by atomic mass is 28.4. The lowest BCUT2D eigenvalue weighted by atomic mass is 9.90. The van der Waals surface area contributed by atoms with Crippen molar-refractivity contribution in [2.45, 2.75) is 57.3 Å². The van der Waals surface area contributed by atoms with E-state index >= 15 is 0 Å². The molecule has 0 saturated heterocycles. The Morgan fingerprint density at radius 3 is 2.89 bits per heavy atom. The van der Waals surface area contributed by atoms with Gasteiger partial charge < -0.3 is 4.43 Å². The Morgan fingerprint density at radius 1 is 1.56 bits per heavy atom. The average Bonchev–Trinajstić information content (AvgIpc) is 2.74. The van der Waals surface area contributed by atoms with Gasteiger partial charge in [-0.1, -0.05) is 6.08 Å². The van der Waals surface area contributed by atoms with Crippen LogP contribution >= 0.6 is 0 Å². The average molecular weight is 264 g/mol. The van der Waals surface area contributed by atoms with E-state index in [1.807, 2.05) is 12.2 Å². The normalized spacial score (nSPS) is 31.4. The van der Waals surface area contributed by atoms with Gasteiger partial charge in [0.1, 0.15) is 0 Å². The zero-order chi connectivity index (χ0) is 13.4. The van der Waals surface area contributed by atoms with Crippen molar-refractivity contribution in [3.63, 3.8) is 0 Å². The molecule has 100 valence electrons. The lowest BCUT2D eigenvalue weighted by Crippen LogP contribution is -2.42. The second kappa shape index (κ2) is 4.78. The van der Waals surface area contributed by atoms with E-state index in [1.54, 1.807) is 0 Å². The predicted molar refractivity (Wildman–Crippen MR) is 77.0 cm³/mol. The van der Waals surface area contributed by atoms with Crippen LogP contribution in [0, 0.1) is 5.92 Å². The molecular weight excluding hydrogens is 240 g/mol. The highest BCUT2D eigenvalue weighted by Gasteiger charge is 2.49. The van der Waals surface area contributed by atoms with Crippen LogP contribution in [0.1, 0.15) is 32.1 Å². The number of carbonyl (C=O) groups is 1. The fourth-order valence-corrected chi connectivity index (χ4v) is 4.86. The van der Waals surface area contributed by atoms with Gasteiger partial charge >= 0.3 is 0 Å². The number of hydrogen-bond donors (Lipinski definition) is 0. The molecule has 2 aliphatic rings. The molecule has 0 N–H and O–H groups in total. The largest absolute Gasteiger partial charge is 0.408 e. The van der Waals surface area contributed by atoms with Crippen molar-refractivity contribution in [2.75, 3.05) is 0 Å². The Hall–Kier alpha value is -0.673. The summed E-state index contributed by atoms with van der Waals surface area (Å²) in [6, 6.07) is 0. The molecule has 1 fully saturated rings. The predicted octanol–water partition coefficient (Wildman–Crippen LogP) is 3.85. The molecule has 2 aliphatic carbocycles. The third-order valence-corrected chi connectivity index (χ3v) is 4.88. The van der Waals surface area contributed by atoms with E-state index in [9.17, 15) is 4.79 Å². The maximum Gasteiger partial charge on any atom is 0.184 e. The molecule has 0 unspecified atom stereocenters. The first kappa shape index (κ1) is 13.8. The minimum atomic E-state index is -1.61. The number of allylic oxidation sites excluding steroid dienone is 2. The summed E-state index contributed by atoms with van der Waals surface area (Å²) in [6.45, 7) is 10.5. The summed E-state index contributed by atoms with van der Waals surface area (Å²) in [7, 11) is -1.61. The fourth-order valence-electron chi connectivity index (χ4n) is 3.37. The van der Waals surface area contributed by atoms with Gasteiger partial charge in [0.25, 0.3) is 0 Å². The van der Waals surface area contributed by atoms with E-state index in [0.717, 1.165) is 25.7 Å². The van der Waals surface area contributed by atoms with E-state index in [1.165, 1.54) is 5.57 Å². The Labute approximate surface area is 111 Å².